The largest absolute Gasteiger partial charge is 0.497 e. The molecule has 0 aliphatic rings. The molecule has 27 heavy (non-hydrogen) atoms. The smallest absolute Gasteiger partial charge is 0.181 e. The molecule has 0 bridgehead atoms. The SMILES string of the molecule is COc1ccc(-c2nc(-c3cccc(CN(C)C)c3)nn2CCO)cc1.Cl. The molecule has 6 nitrogen and oxygen atoms in total. The Labute approximate surface area is 165 Å². The number of rotatable bonds is 7. The predicted octanol–water partition coefficient (Wildman–Crippen LogP) is 3.10. The molecule has 0 spiro atoms. The number of hydrogen-bond acceptors (Lipinski definition) is 5. The number of ether oxygens (including phenoxy) is 1. The van der Waals surface area contributed by atoms with Gasteiger partial charge < -0.3 is 14.7 Å². The topological polar surface area (TPSA) is 63.4 Å². The Hall–Kier alpha value is -2.41. The molecule has 0 aliphatic carbocycles. The van der Waals surface area contributed by atoms with Gasteiger partial charge in [0.25, 0.3) is 0 Å². The molecule has 0 aliphatic heterocycles. The minimum Gasteiger partial charge on any atom is -0.497 e. The van der Waals surface area contributed by atoms with Crippen LogP contribution in [0, 0.1) is 0 Å². The van der Waals surface area contributed by atoms with E-state index in [4.69, 9.17) is 9.72 Å². The fourth-order valence-corrected chi connectivity index (χ4v) is 2.84. The number of benzene rings is 2. The summed E-state index contributed by atoms with van der Waals surface area (Å²) in [6.07, 6.45) is 0. The molecule has 1 heterocycles. The van der Waals surface area contributed by atoms with Crippen LogP contribution in [0.5, 0.6) is 5.75 Å². The van der Waals surface area contributed by atoms with E-state index in [1.807, 2.05) is 50.5 Å². The molecule has 0 fully saturated rings. The first kappa shape index (κ1) is 20.9. The highest BCUT2D eigenvalue weighted by molar-refractivity contribution is 5.85. The Morgan fingerprint density at radius 3 is 2.44 bits per heavy atom. The van der Waals surface area contributed by atoms with Crippen molar-refractivity contribution in [3.8, 4) is 28.5 Å². The zero-order chi connectivity index (χ0) is 18.5. The second-order valence-electron chi connectivity index (χ2n) is 6.37. The second-order valence-corrected chi connectivity index (χ2v) is 6.37. The van der Waals surface area contributed by atoms with Crippen molar-refractivity contribution >= 4 is 12.4 Å². The lowest BCUT2D eigenvalue weighted by Gasteiger charge is -2.09. The van der Waals surface area contributed by atoms with E-state index in [1.54, 1.807) is 11.8 Å². The number of aromatic nitrogens is 3. The van der Waals surface area contributed by atoms with Gasteiger partial charge >= 0.3 is 0 Å². The first-order valence-corrected chi connectivity index (χ1v) is 8.55. The summed E-state index contributed by atoms with van der Waals surface area (Å²) < 4.78 is 6.96. The summed E-state index contributed by atoms with van der Waals surface area (Å²) >= 11 is 0. The van der Waals surface area contributed by atoms with Gasteiger partial charge in [-0.25, -0.2) is 9.67 Å². The highest BCUT2D eigenvalue weighted by Gasteiger charge is 2.14. The van der Waals surface area contributed by atoms with Gasteiger partial charge in [0.2, 0.25) is 0 Å². The van der Waals surface area contributed by atoms with E-state index in [0.29, 0.717) is 12.4 Å². The molecule has 7 heteroatoms. The Morgan fingerprint density at radius 1 is 1.07 bits per heavy atom. The highest BCUT2D eigenvalue weighted by atomic mass is 35.5. The maximum atomic E-state index is 9.38. The molecule has 0 atom stereocenters. The van der Waals surface area contributed by atoms with Crippen LogP contribution < -0.4 is 4.74 Å². The van der Waals surface area contributed by atoms with E-state index in [9.17, 15) is 5.11 Å². The fourth-order valence-electron chi connectivity index (χ4n) is 2.84. The maximum Gasteiger partial charge on any atom is 0.181 e. The van der Waals surface area contributed by atoms with Crippen LogP contribution in [0.4, 0.5) is 0 Å². The number of halogens is 1. The van der Waals surface area contributed by atoms with E-state index < -0.39 is 0 Å². The third-order valence-corrected chi connectivity index (χ3v) is 4.02. The van der Waals surface area contributed by atoms with Crippen molar-refractivity contribution in [3.63, 3.8) is 0 Å². The van der Waals surface area contributed by atoms with E-state index in [1.165, 1.54) is 5.56 Å². The zero-order valence-corrected chi connectivity index (χ0v) is 16.6. The molecule has 0 amide bonds. The third kappa shape index (κ3) is 5.07. The van der Waals surface area contributed by atoms with Gasteiger partial charge in [-0.2, -0.15) is 5.10 Å². The van der Waals surface area contributed by atoms with E-state index >= 15 is 0 Å². The Morgan fingerprint density at radius 2 is 1.81 bits per heavy atom. The van der Waals surface area contributed by atoms with Gasteiger partial charge in [0.1, 0.15) is 5.75 Å². The average molecular weight is 389 g/mol. The van der Waals surface area contributed by atoms with Gasteiger partial charge in [0.05, 0.1) is 20.3 Å². The molecule has 3 aromatic rings. The normalized spacial score (nSPS) is 10.7. The van der Waals surface area contributed by atoms with Crippen molar-refractivity contribution in [2.45, 2.75) is 13.1 Å². The van der Waals surface area contributed by atoms with Gasteiger partial charge in [0.15, 0.2) is 11.6 Å². The molecule has 0 radical (unpaired) electrons. The van der Waals surface area contributed by atoms with Gasteiger partial charge in [0, 0.05) is 17.7 Å². The van der Waals surface area contributed by atoms with Crippen LogP contribution in [-0.2, 0) is 13.1 Å². The van der Waals surface area contributed by atoms with Gasteiger partial charge in [-0.3, -0.25) is 0 Å². The van der Waals surface area contributed by atoms with E-state index in [-0.39, 0.29) is 19.0 Å². The van der Waals surface area contributed by atoms with Crippen LogP contribution in [0.25, 0.3) is 22.8 Å². The molecule has 3 rings (SSSR count). The predicted molar refractivity (Wildman–Crippen MR) is 109 cm³/mol. The lowest BCUT2D eigenvalue weighted by atomic mass is 10.1. The second kappa shape index (κ2) is 9.50. The lowest BCUT2D eigenvalue weighted by Crippen LogP contribution is -2.10. The summed E-state index contributed by atoms with van der Waals surface area (Å²) in [5.41, 5.74) is 3.11. The van der Waals surface area contributed by atoms with Gasteiger partial charge in [-0.05, 0) is 50.0 Å². The fraction of sp³-hybridized carbons (Fsp3) is 0.300. The minimum absolute atomic E-state index is 0. The molecule has 1 aromatic heterocycles. The van der Waals surface area contributed by atoms with Crippen LogP contribution in [0.2, 0.25) is 0 Å². The lowest BCUT2D eigenvalue weighted by molar-refractivity contribution is 0.270. The summed E-state index contributed by atoms with van der Waals surface area (Å²) in [7, 11) is 5.73. The summed E-state index contributed by atoms with van der Waals surface area (Å²) in [5.74, 6) is 2.18. The van der Waals surface area contributed by atoms with E-state index in [2.05, 4.69) is 22.1 Å². The number of aliphatic hydroxyl groups excluding tert-OH is 1. The van der Waals surface area contributed by atoms with Crippen LogP contribution in [-0.4, -0.2) is 52.6 Å². The number of nitrogens with zero attached hydrogens (tertiary/aromatic N) is 4. The monoisotopic (exact) mass is 388 g/mol. The molecular weight excluding hydrogens is 364 g/mol. The Bertz CT molecular complexity index is 863. The van der Waals surface area contributed by atoms with Crippen molar-refractivity contribution in [1.82, 2.24) is 19.7 Å². The van der Waals surface area contributed by atoms with Crippen molar-refractivity contribution in [2.75, 3.05) is 27.8 Å². The average Bonchev–Trinajstić information content (AvgIpc) is 3.06. The molecule has 1 N–H and O–H groups in total. The number of aliphatic hydroxyl groups is 1. The standard InChI is InChI=1S/C20H24N4O2.ClH/c1-23(2)14-15-5-4-6-17(13-15)19-21-20(24(22-19)11-12-25)16-7-9-18(26-3)10-8-16;/h4-10,13,25H,11-12,14H2,1-3H3;1H. The van der Waals surface area contributed by atoms with Crippen molar-refractivity contribution in [1.29, 1.82) is 0 Å². The van der Waals surface area contributed by atoms with Crippen LogP contribution in [0.3, 0.4) is 0 Å². The Balaban J connectivity index is 0.00000261. The van der Waals surface area contributed by atoms with Crippen LogP contribution in [0.15, 0.2) is 48.5 Å². The molecule has 0 saturated carbocycles. The molecule has 2 aromatic carbocycles. The van der Waals surface area contributed by atoms with Crippen molar-refractivity contribution in [3.05, 3.63) is 54.1 Å². The van der Waals surface area contributed by atoms with Crippen molar-refractivity contribution in [2.24, 2.45) is 0 Å². The quantitative estimate of drug-likeness (QED) is 0.673. The highest BCUT2D eigenvalue weighted by Crippen LogP contribution is 2.25. The third-order valence-electron chi connectivity index (χ3n) is 4.02. The molecule has 144 valence electrons. The first-order chi connectivity index (χ1) is 12.6. The summed E-state index contributed by atoms with van der Waals surface area (Å²) in [6, 6.07) is 15.9. The van der Waals surface area contributed by atoms with Gasteiger partial charge in [-0.1, -0.05) is 18.2 Å². The van der Waals surface area contributed by atoms with Gasteiger partial charge in [-0.15, -0.1) is 12.4 Å². The molecule has 0 saturated heterocycles. The van der Waals surface area contributed by atoms with E-state index in [0.717, 1.165) is 29.2 Å². The van der Waals surface area contributed by atoms with Crippen LogP contribution >= 0.6 is 12.4 Å². The Kier molecular flexibility index (Phi) is 7.36. The summed E-state index contributed by atoms with van der Waals surface area (Å²) in [4.78, 5) is 6.86. The first-order valence-electron chi connectivity index (χ1n) is 8.55. The number of methoxy groups -OCH3 is 1. The molecular formula is C20H25ClN4O2. The molecule has 0 unspecified atom stereocenters. The number of hydrogen-bond donors (Lipinski definition) is 1. The summed E-state index contributed by atoms with van der Waals surface area (Å²) in [6.45, 7) is 1.26. The zero-order valence-electron chi connectivity index (χ0n) is 15.8. The van der Waals surface area contributed by atoms with Crippen LogP contribution in [0.1, 0.15) is 5.56 Å². The minimum atomic E-state index is 0. The maximum absolute atomic E-state index is 9.38. The summed E-state index contributed by atoms with van der Waals surface area (Å²) in [5, 5.41) is 14.0. The van der Waals surface area contributed by atoms with Crippen molar-refractivity contribution < 1.29 is 9.84 Å².